The summed E-state index contributed by atoms with van der Waals surface area (Å²) in [5.41, 5.74) is -1.17. The molecule has 3 aromatic rings. The monoisotopic (exact) mass is 351 g/mol. The van der Waals surface area contributed by atoms with Gasteiger partial charge in [-0.2, -0.15) is 0 Å². The number of aryl methyl sites for hydroxylation is 1. The van der Waals surface area contributed by atoms with Gasteiger partial charge in [-0.25, -0.2) is 8.78 Å². The van der Waals surface area contributed by atoms with E-state index in [2.05, 4.69) is 0 Å². The number of pyridine rings is 1. The van der Waals surface area contributed by atoms with Crippen LogP contribution in [0.2, 0.25) is 5.02 Å². The summed E-state index contributed by atoms with van der Waals surface area (Å²) in [5.74, 6) is -1.95. The van der Waals surface area contributed by atoms with E-state index >= 15 is 4.39 Å². The summed E-state index contributed by atoms with van der Waals surface area (Å²) >= 11 is 6.15. The van der Waals surface area contributed by atoms with Gasteiger partial charge >= 0.3 is 0 Å². The maximum Gasteiger partial charge on any atom is 0.254 e. The molecule has 3 rings (SSSR count). The number of benzene rings is 2. The maximum atomic E-state index is 15.2. The molecule has 24 heavy (non-hydrogen) atoms. The highest BCUT2D eigenvalue weighted by molar-refractivity contribution is 6.34. The number of halogens is 3. The summed E-state index contributed by atoms with van der Waals surface area (Å²) in [6.07, 6.45) is 0. The Morgan fingerprint density at radius 3 is 2.58 bits per heavy atom. The second-order valence-corrected chi connectivity index (χ2v) is 5.59. The minimum Gasteiger partial charge on any atom is -0.507 e. The van der Waals surface area contributed by atoms with Crippen LogP contribution in [0.3, 0.4) is 0 Å². The van der Waals surface area contributed by atoms with Crippen molar-refractivity contribution in [3.8, 4) is 22.6 Å². The van der Waals surface area contributed by atoms with Crippen LogP contribution in [0.15, 0.2) is 35.1 Å². The second kappa shape index (κ2) is 5.79. The standard InChI is InChI=1S/C17H12ClF2NO3/c1-21-13(23)7-11(22)8-6-9(18)14(16(20)17(8)21)15-10(19)4-3-5-12(15)24-2/h3-7,22H,1-2H3. The van der Waals surface area contributed by atoms with E-state index < -0.39 is 22.9 Å². The molecule has 0 bridgehead atoms. The molecule has 0 unspecified atom stereocenters. The molecular formula is C17H12ClF2NO3. The van der Waals surface area contributed by atoms with Crippen molar-refractivity contribution in [3.05, 3.63) is 57.3 Å². The molecule has 1 heterocycles. The van der Waals surface area contributed by atoms with Crippen LogP contribution in [0.25, 0.3) is 22.0 Å². The van der Waals surface area contributed by atoms with Crippen LogP contribution in [-0.4, -0.2) is 16.8 Å². The van der Waals surface area contributed by atoms with Crippen molar-refractivity contribution in [2.24, 2.45) is 7.05 Å². The average Bonchev–Trinajstić information content (AvgIpc) is 2.53. The Labute approximate surface area is 140 Å². The smallest absolute Gasteiger partial charge is 0.254 e. The molecule has 0 spiro atoms. The minimum absolute atomic E-state index is 0.0543. The van der Waals surface area contributed by atoms with Crippen LogP contribution < -0.4 is 10.3 Å². The van der Waals surface area contributed by atoms with E-state index in [0.717, 1.165) is 16.7 Å². The number of rotatable bonds is 2. The first-order valence-corrected chi connectivity index (χ1v) is 7.28. The van der Waals surface area contributed by atoms with Crippen LogP contribution in [0, 0.1) is 11.6 Å². The molecule has 0 fully saturated rings. The molecule has 1 N–H and O–H groups in total. The van der Waals surface area contributed by atoms with E-state index in [1.807, 2.05) is 0 Å². The van der Waals surface area contributed by atoms with Crippen molar-refractivity contribution < 1.29 is 18.6 Å². The lowest BCUT2D eigenvalue weighted by atomic mass is 10.0. The van der Waals surface area contributed by atoms with E-state index in [9.17, 15) is 14.3 Å². The number of aromatic hydroxyl groups is 1. The molecule has 0 saturated carbocycles. The van der Waals surface area contributed by atoms with Crippen LogP contribution in [-0.2, 0) is 7.05 Å². The molecule has 0 aliphatic carbocycles. The highest BCUT2D eigenvalue weighted by Crippen LogP contribution is 2.42. The summed E-state index contributed by atoms with van der Waals surface area (Å²) in [4.78, 5) is 11.8. The molecule has 0 atom stereocenters. The zero-order valence-corrected chi connectivity index (χ0v) is 13.5. The van der Waals surface area contributed by atoms with E-state index in [1.54, 1.807) is 0 Å². The highest BCUT2D eigenvalue weighted by atomic mass is 35.5. The van der Waals surface area contributed by atoms with Crippen molar-refractivity contribution in [1.29, 1.82) is 0 Å². The van der Waals surface area contributed by atoms with Crippen molar-refractivity contribution >= 4 is 22.5 Å². The van der Waals surface area contributed by atoms with Gasteiger partial charge in [0.05, 0.1) is 23.2 Å². The third kappa shape index (κ3) is 2.30. The third-order valence-electron chi connectivity index (χ3n) is 3.84. The summed E-state index contributed by atoms with van der Waals surface area (Å²) in [5, 5.41) is 9.85. The predicted molar refractivity (Wildman–Crippen MR) is 87.8 cm³/mol. The van der Waals surface area contributed by atoms with E-state index in [1.165, 1.54) is 32.4 Å². The fraction of sp³-hybridized carbons (Fsp3) is 0.118. The van der Waals surface area contributed by atoms with Crippen LogP contribution >= 0.6 is 11.6 Å². The second-order valence-electron chi connectivity index (χ2n) is 5.19. The van der Waals surface area contributed by atoms with E-state index in [-0.39, 0.29) is 32.8 Å². The lowest BCUT2D eigenvalue weighted by Gasteiger charge is -2.15. The SMILES string of the molecule is COc1cccc(F)c1-c1c(Cl)cc2c(O)cc(=O)n(C)c2c1F. The number of methoxy groups -OCH3 is 1. The first kappa shape index (κ1) is 16.3. The van der Waals surface area contributed by atoms with Gasteiger partial charge in [0.2, 0.25) is 0 Å². The van der Waals surface area contributed by atoms with Gasteiger partial charge in [-0.15, -0.1) is 0 Å². The summed E-state index contributed by atoms with van der Waals surface area (Å²) in [6, 6.07) is 6.29. The Bertz CT molecular complexity index is 1030. The first-order valence-electron chi connectivity index (χ1n) is 6.90. The topological polar surface area (TPSA) is 51.5 Å². The number of fused-ring (bicyclic) bond motifs is 1. The lowest BCUT2D eigenvalue weighted by molar-refractivity contribution is 0.413. The molecule has 0 aliphatic rings. The molecule has 0 aliphatic heterocycles. The Kier molecular flexibility index (Phi) is 3.93. The van der Waals surface area contributed by atoms with Crippen molar-refractivity contribution in [2.75, 3.05) is 7.11 Å². The number of hydrogen-bond acceptors (Lipinski definition) is 3. The Morgan fingerprint density at radius 2 is 1.92 bits per heavy atom. The lowest BCUT2D eigenvalue weighted by Crippen LogP contribution is -2.16. The molecule has 4 nitrogen and oxygen atoms in total. The Balaban J connectivity index is 2.52. The van der Waals surface area contributed by atoms with Gasteiger partial charge in [0.1, 0.15) is 17.3 Å². The summed E-state index contributed by atoms with van der Waals surface area (Å²) in [6.45, 7) is 0. The minimum atomic E-state index is -0.920. The van der Waals surface area contributed by atoms with Gasteiger partial charge in [-0.3, -0.25) is 4.79 Å². The van der Waals surface area contributed by atoms with Crippen LogP contribution in [0.1, 0.15) is 0 Å². The fourth-order valence-electron chi connectivity index (χ4n) is 2.68. The normalized spacial score (nSPS) is 11.0. The number of ether oxygens (including phenoxy) is 1. The molecular weight excluding hydrogens is 340 g/mol. The maximum absolute atomic E-state index is 15.2. The van der Waals surface area contributed by atoms with Gasteiger partial charge in [0, 0.05) is 24.1 Å². The van der Waals surface area contributed by atoms with Crippen LogP contribution in [0.5, 0.6) is 11.5 Å². The number of hydrogen-bond donors (Lipinski definition) is 1. The average molecular weight is 352 g/mol. The molecule has 0 amide bonds. The van der Waals surface area contributed by atoms with Gasteiger partial charge in [0.15, 0.2) is 5.82 Å². The summed E-state index contributed by atoms with van der Waals surface area (Å²) < 4.78 is 35.6. The van der Waals surface area contributed by atoms with Crippen LogP contribution in [0.4, 0.5) is 8.78 Å². The third-order valence-corrected chi connectivity index (χ3v) is 4.14. The molecule has 0 radical (unpaired) electrons. The highest BCUT2D eigenvalue weighted by Gasteiger charge is 2.23. The Morgan fingerprint density at radius 1 is 1.21 bits per heavy atom. The molecule has 0 saturated heterocycles. The Hall–Kier alpha value is -2.60. The van der Waals surface area contributed by atoms with Gasteiger partial charge in [0.25, 0.3) is 5.56 Å². The van der Waals surface area contributed by atoms with Crippen molar-refractivity contribution in [2.45, 2.75) is 0 Å². The molecule has 2 aromatic carbocycles. The van der Waals surface area contributed by atoms with Gasteiger partial charge < -0.3 is 14.4 Å². The molecule has 7 heteroatoms. The first-order chi connectivity index (χ1) is 11.4. The number of nitrogens with zero attached hydrogens (tertiary/aromatic N) is 1. The zero-order valence-electron chi connectivity index (χ0n) is 12.7. The van der Waals surface area contributed by atoms with Gasteiger partial charge in [-0.1, -0.05) is 17.7 Å². The molecule has 1 aromatic heterocycles. The predicted octanol–water partition coefficient (Wildman–Crippen LogP) is 3.85. The van der Waals surface area contributed by atoms with E-state index in [4.69, 9.17) is 16.3 Å². The van der Waals surface area contributed by atoms with Crippen molar-refractivity contribution in [1.82, 2.24) is 4.57 Å². The van der Waals surface area contributed by atoms with Gasteiger partial charge in [-0.05, 0) is 18.2 Å². The van der Waals surface area contributed by atoms with Crippen molar-refractivity contribution in [3.63, 3.8) is 0 Å². The number of aromatic nitrogens is 1. The molecule has 124 valence electrons. The fourth-order valence-corrected chi connectivity index (χ4v) is 2.97. The zero-order chi connectivity index (χ0) is 17.6. The quantitative estimate of drug-likeness (QED) is 0.763. The summed E-state index contributed by atoms with van der Waals surface area (Å²) in [7, 11) is 2.68. The largest absolute Gasteiger partial charge is 0.507 e. The van der Waals surface area contributed by atoms with E-state index in [0.29, 0.717) is 0 Å².